The van der Waals surface area contributed by atoms with Gasteiger partial charge in [-0.05, 0) is 85.7 Å². The number of nitrogens with zero attached hydrogens (tertiary/aromatic N) is 1. The Bertz CT molecular complexity index is 1160. The van der Waals surface area contributed by atoms with E-state index in [9.17, 15) is 9.18 Å². The summed E-state index contributed by atoms with van der Waals surface area (Å²) >= 11 is 0. The molecule has 2 aliphatic rings. The largest absolute Gasteiger partial charge is 0.372 e. The van der Waals surface area contributed by atoms with Crippen LogP contribution in [0.1, 0.15) is 75.8 Å². The molecule has 37 heavy (non-hydrogen) atoms. The van der Waals surface area contributed by atoms with Crippen molar-refractivity contribution in [3.63, 3.8) is 0 Å². The van der Waals surface area contributed by atoms with E-state index in [4.69, 9.17) is 0 Å². The minimum atomic E-state index is -0.222. The van der Waals surface area contributed by atoms with Crippen LogP contribution in [0.15, 0.2) is 72.1 Å². The van der Waals surface area contributed by atoms with E-state index >= 15 is 0 Å². The van der Waals surface area contributed by atoms with Crippen molar-refractivity contribution in [3.05, 3.63) is 89.0 Å². The van der Waals surface area contributed by atoms with Gasteiger partial charge in [0, 0.05) is 42.3 Å². The van der Waals surface area contributed by atoms with Crippen LogP contribution in [0.5, 0.6) is 0 Å². The molecule has 4 rings (SSSR count). The smallest absolute Gasteiger partial charge is 0.224 e. The third-order valence-electron chi connectivity index (χ3n) is 7.38. The Morgan fingerprint density at radius 1 is 1.11 bits per heavy atom. The van der Waals surface area contributed by atoms with Gasteiger partial charge >= 0.3 is 0 Å². The molecule has 0 atom stereocenters. The van der Waals surface area contributed by atoms with Gasteiger partial charge in [-0.1, -0.05) is 56.9 Å². The molecule has 5 heteroatoms. The summed E-state index contributed by atoms with van der Waals surface area (Å²) in [6, 6.07) is 13.3. The number of amides is 1. The summed E-state index contributed by atoms with van der Waals surface area (Å²) in [5.41, 5.74) is 6.03. The Morgan fingerprint density at radius 3 is 2.70 bits per heavy atom. The van der Waals surface area contributed by atoms with E-state index in [0.29, 0.717) is 12.5 Å². The average Bonchev–Trinajstić information content (AvgIpc) is 2.91. The van der Waals surface area contributed by atoms with E-state index in [1.54, 1.807) is 12.1 Å². The molecule has 1 aliphatic heterocycles. The highest BCUT2D eigenvalue weighted by molar-refractivity contribution is 5.95. The number of allylic oxidation sites excluding steroid dienone is 3. The predicted molar refractivity (Wildman–Crippen MR) is 153 cm³/mol. The normalized spacial score (nSPS) is 17.0. The molecule has 1 amide bonds. The Morgan fingerprint density at radius 2 is 1.92 bits per heavy atom. The molecule has 0 unspecified atom stereocenters. The van der Waals surface area contributed by atoms with Crippen molar-refractivity contribution in [3.8, 4) is 0 Å². The van der Waals surface area contributed by atoms with Crippen LogP contribution in [-0.2, 0) is 11.2 Å². The monoisotopic (exact) mass is 501 g/mol. The minimum absolute atomic E-state index is 0.0705. The fourth-order valence-electron chi connectivity index (χ4n) is 5.21. The Balaban J connectivity index is 1.63. The Hall–Kier alpha value is -3.34. The lowest BCUT2D eigenvalue weighted by atomic mass is 9.94. The van der Waals surface area contributed by atoms with Gasteiger partial charge in [0.15, 0.2) is 0 Å². The number of likely N-dealkylation sites (N-methyl/N-ethyl adjacent to an activating group) is 1. The lowest BCUT2D eigenvalue weighted by Gasteiger charge is -2.34. The van der Waals surface area contributed by atoms with E-state index in [2.05, 4.69) is 59.9 Å². The second kappa shape index (κ2) is 13.3. The van der Waals surface area contributed by atoms with Crippen molar-refractivity contribution < 1.29 is 9.18 Å². The molecule has 1 saturated carbocycles. The highest BCUT2D eigenvalue weighted by atomic mass is 19.1. The van der Waals surface area contributed by atoms with Gasteiger partial charge in [-0.2, -0.15) is 0 Å². The van der Waals surface area contributed by atoms with Crippen molar-refractivity contribution in [2.24, 2.45) is 0 Å². The fraction of sp³-hybridized carbons (Fsp3) is 0.406. The average molecular weight is 502 g/mol. The van der Waals surface area contributed by atoms with Crippen molar-refractivity contribution in [2.75, 3.05) is 17.7 Å². The standard InChI is InChI=1S/C32H40FN3O/c1-3-4-6-13-26(34-30-16-10-17-31-29(30)20-21-32(37)35-31)18-19-28(23-24-11-9-12-25(33)22-24)36(2)27-14-7-5-8-15-27/h9-13,16-19,22-23,27,34H,3-8,14-15,20-21H2,1-2H3,(H,35,37)/b19-18+,26-13+,28-23-. The van der Waals surface area contributed by atoms with Gasteiger partial charge in [0.2, 0.25) is 5.91 Å². The first kappa shape index (κ1) is 26.7. The van der Waals surface area contributed by atoms with Crippen LogP contribution in [0.2, 0.25) is 0 Å². The van der Waals surface area contributed by atoms with Gasteiger partial charge in [-0.3, -0.25) is 4.79 Å². The number of anilines is 2. The van der Waals surface area contributed by atoms with Crippen molar-refractivity contribution in [1.29, 1.82) is 0 Å². The summed E-state index contributed by atoms with van der Waals surface area (Å²) in [5, 5.41) is 6.64. The molecule has 0 radical (unpaired) electrons. The zero-order chi connectivity index (χ0) is 26.0. The van der Waals surface area contributed by atoms with Crippen LogP contribution in [-0.4, -0.2) is 23.9 Å². The summed E-state index contributed by atoms with van der Waals surface area (Å²) in [6.07, 6.45) is 19.3. The molecule has 1 heterocycles. The van der Waals surface area contributed by atoms with Crippen LogP contribution >= 0.6 is 0 Å². The summed E-state index contributed by atoms with van der Waals surface area (Å²) in [7, 11) is 2.16. The molecule has 0 saturated heterocycles. The third-order valence-corrected chi connectivity index (χ3v) is 7.38. The molecular formula is C32H40FN3O. The number of rotatable bonds is 10. The summed E-state index contributed by atoms with van der Waals surface area (Å²) < 4.78 is 14.0. The number of hydrogen-bond donors (Lipinski definition) is 2. The predicted octanol–water partition coefficient (Wildman–Crippen LogP) is 8.06. The third kappa shape index (κ3) is 7.58. The maximum atomic E-state index is 14.0. The number of nitrogens with one attached hydrogen (secondary N) is 2. The van der Waals surface area contributed by atoms with Gasteiger partial charge in [0.25, 0.3) is 0 Å². The van der Waals surface area contributed by atoms with E-state index in [-0.39, 0.29) is 11.7 Å². The van der Waals surface area contributed by atoms with E-state index in [1.165, 1.54) is 38.2 Å². The van der Waals surface area contributed by atoms with E-state index in [0.717, 1.165) is 59.6 Å². The molecule has 0 bridgehead atoms. The second-order valence-corrected chi connectivity index (χ2v) is 10.2. The molecule has 0 spiro atoms. The number of unbranched alkanes of at least 4 members (excludes halogenated alkanes) is 2. The Labute approximate surface area is 221 Å². The van der Waals surface area contributed by atoms with Crippen LogP contribution < -0.4 is 10.6 Å². The second-order valence-electron chi connectivity index (χ2n) is 10.2. The summed E-state index contributed by atoms with van der Waals surface area (Å²) in [5.74, 6) is -0.152. The number of fused-ring (bicyclic) bond motifs is 1. The Kier molecular flexibility index (Phi) is 9.58. The molecule has 4 nitrogen and oxygen atoms in total. The van der Waals surface area contributed by atoms with E-state index < -0.39 is 0 Å². The van der Waals surface area contributed by atoms with Crippen LogP contribution in [0.25, 0.3) is 6.08 Å². The quantitative estimate of drug-likeness (QED) is 0.256. The first-order valence-electron chi connectivity index (χ1n) is 13.8. The van der Waals surface area contributed by atoms with Gasteiger partial charge < -0.3 is 15.5 Å². The maximum absolute atomic E-state index is 14.0. The first-order valence-corrected chi connectivity index (χ1v) is 13.8. The van der Waals surface area contributed by atoms with E-state index in [1.807, 2.05) is 18.2 Å². The van der Waals surface area contributed by atoms with Crippen molar-refractivity contribution in [2.45, 2.75) is 77.2 Å². The lowest BCUT2D eigenvalue weighted by molar-refractivity contribution is -0.116. The SMILES string of the molecule is CCCC\C=C(/C=C/C(=C/c1cccc(F)c1)N(C)C1CCCCC1)Nc1cccc2c1CCC(=O)N2. The highest BCUT2D eigenvalue weighted by Gasteiger charge is 2.20. The molecular weight excluding hydrogens is 461 g/mol. The van der Waals surface area contributed by atoms with Crippen LogP contribution in [0.3, 0.4) is 0 Å². The molecule has 2 aromatic rings. The zero-order valence-electron chi connectivity index (χ0n) is 22.2. The number of hydrogen-bond acceptors (Lipinski definition) is 3. The molecule has 0 aromatic heterocycles. The van der Waals surface area contributed by atoms with Gasteiger partial charge in [0.1, 0.15) is 5.82 Å². The molecule has 2 aromatic carbocycles. The molecule has 2 N–H and O–H groups in total. The van der Waals surface area contributed by atoms with Crippen LogP contribution in [0, 0.1) is 5.82 Å². The lowest BCUT2D eigenvalue weighted by Crippen LogP contribution is -2.32. The number of halogens is 1. The van der Waals surface area contributed by atoms with Crippen LogP contribution in [0.4, 0.5) is 15.8 Å². The zero-order valence-corrected chi connectivity index (χ0v) is 22.2. The first-order chi connectivity index (χ1) is 18.0. The number of carbonyl (C=O) groups excluding carboxylic acids is 1. The molecule has 1 fully saturated rings. The number of carbonyl (C=O) groups is 1. The fourth-order valence-corrected chi connectivity index (χ4v) is 5.21. The molecule has 196 valence electrons. The minimum Gasteiger partial charge on any atom is -0.372 e. The van der Waals surface area contributed by atoms with Gasteiger partial charge in [-0.25, -0.2) is 4.39 Å². The summed E-state index contributed by atoms with van der Waals surface area (Å²) in [4.78, 5) is 14.3. The van der Waals surface area contributed by atoms with Crippen molar-refractivity contribution in [1.82, 2.24) is 4.90 Å². The maximum Gasteiger partial charge on any atom is 0.224 e. The van der Waals surface area contributed by atoms with Gasteiger partial charge in [0.05, 0.1) is 0 Å². The number of benzene rings is 2. The highest BCUT2D eigenvalue weighted by Crippen LogP contribution is 2.31. The summed E-state index contributed by atoms with van der Waals surface area (Å²) in [6.45, 7) is 2.20. The van der Waals surface area contributed by atoms with Crippen molar-refractivity contribution >= 4 is 23.4 Å². The topological polar surface area (TPSA) is 44.4 Å². The molecule has 1 aliphatic carbocycles. The van der Waals surface area contributed by atoms with Gasteiger partial charge in [-0.15, -0.1) is 0 Å².